The number of carbonyl (C=O) groups excluding carboxylic acids is 1. The van der Waals surface area contributed by atoms with E-state index in [2.05, 4.69) is 9.88 Å². The van der Waals surface area contributed by atoms with Gasteiger partial charge in [-0.1, -0.05) is 28.7 Å². The third kappa shape index (κ3) is 6.23. The van der Waals surface area contributed by atoms with Gasteiger partial charge in [0.25, 0.3) is 5.91 Å². The average molecular weight is 483 g/mol. The van der Waals surface area contributed by atoms with Crippen LogP contribution in [0.3, 0.4) is 0 Å². The highest BCUT2D eigenvalue weighted by Crippen LogP contribution is 2.34. The van der Waals surface area contributed by atoms with E-state index in [1.54, 1.807) is 24.2 Å². The fourth-order valence-corrected chi connectivity index (χ4v) is 4.55. The van der Waals surface area contributed by atoms with Crippen molar-refractivity contribution >= 4 is 67.4 Å². The lowest BCUT2D eigenvalue weighted by atomic mass is 10.3. The van der Waals surface area contributed by atoms with E-state index < -0.39 is 4.92 Å². The zero-order valence-electron chi connectivity index (χ0n) is 17.3. The molecule has 0 saturated heterocycles. The first-order chi connectivity index (χ1) is 14.4. The van der Waals surface area contributed by atoms with Crippen molar-refractivity contribution in [3.05, 3.63) is 51.4 Å². The molecule has 0 aliphatic heterocycles. The number of fused-ring (bicyclic) bond motifs is 1. The second-order valence-corrected chi connectivity index (χ2v) is 8.82. The molecule has 0 bridgehead atoms. The van der Waals surface area contributed by atoms with Crippen molar-refractivity contribution in [2.75, 3.05) is 39.2 Å². The van der Waals surface area contributed by atoms with Gasteiger partial charge in [-0.25, -0.2) is 4.98 Å². The summed E-state index contributed by atoms with van der Waals surface area (Å²) in [5.41, 5.74) is 0.725. The molecule has 1 amide bonds. The number of nitro groups is 1. The van der Waals surface area contributed by atoms with Crippen molar-refractivity contribution in [2.45, 2.75) is 6.42 Å². The summed E-state index contributed by atoms with van der Waals surface area (Å²) in [7, 11) is 5.56. The van der Waals surface area contributed by atoms with Crippen LogP contribution < -0.4 is 9.64 Å². The Bertz CT molecular complexity index is 1080. The van der Waals surface area contributed by atoms with Gasteiger partial charge in [-0.2, -0.15) is 0 Å². The molecule has 11 heteroatoms. The van der Waals surface area contributed by atoms with Crippen molar-refractivity contribution in [1.29, 1.82) is 0 Å². The van der Waals surface area contributed by atoms with Crippen LogP contribution >= 0.6 is 35.1 Å². The normalized spacial score (nSPS) is 11.1. The highest BCUT2D eigenvalue weighted by Gasteiger charge is 2.19. The predicted octanol–water partition coefficient (Wildman–Crippen LogP) is 4.69. The molecule has 3 aromatic rings. The molecule has 0 saturated carbocycles. The van der Waals surface area contributed by atoms with E-state index in [1.165, 1.54) is 23.5 Å². The van der Waals surface area contributed by atoms with E-state index in [0.29, 0.717) is 22.3 Å². The van der Waals surface area contributed by atoms with Gasteiger partial charge in [-0.3, -0.25) is 19.8 Å². The van der Waals surface area contributed by atoms with Gasteiger partial charge >= 0.3 is 5.00 Å². The molecule has 0 aliphatic carbocycles. The third-order valence-electron chi connectivity index (χ3n) is 4.26. The van der Waals surface area contributed by atoms with Gasteiger partial charge in [-0.05, 0) is 51.3 Å². The standard InChI is InChI=1S/C20H22N4O4S2.ClH/c1-22(2)12-5-13-23(17(25)10-8-14-9-11-18(29-14)24(26)27)20-21-19-15(28-3)6-4-7-16(19)30-20;/h4,6-11H,5,12-13H2,1-3H3;1H. The third-order valence-corrected chi connectivity index (χ3v) is 6.30. The Morgan fingerprint density at radius 2 is 2.00 bits per heavy atom. The number of benzene rings is 1. The average Bonchev–Trinajstić information content (AvgIpc) is 3.35. The minimum atomic E-state index is -0.439. The minimum absolute atomic E-state index is 0. The predicted molar refractivity (Wildman–Crippen MR) is 129 cm³/mol. The van der Waals surface area contributed by atoms with Gasteiger partial charge in [0, 0.05) is 23.6 Å². The lowest BCUT2D eigenvalue weighted by Crippen LogP contribution is -2.32. The summed E-state index contributed by atoms with van der Waals surface area (Å²) >= 11 is 2.46. The van der Waals surface area contributed by atoms with E-state index in [1.807, 2.05) is 32.3 Å². The van der Waals surface area contributed by atoms with Crippen LogP contribution in [0.1, 0.15) is 11.3 Å². The van der Waals surface area contributed by atoms with Crippen molar-refractivity contribution in [3.8, 4) is 5.75 Å². The van der Waals surface area contributed by atoms with Crippen LogP contribution in [0.5, 0.6) is 5.75 Å². The van der Waals surface area contributed by atoms with Crippen molar-refractivity contribution < 1.29 is 14.5 Å². The van der Waals surface area contributed by atoms with E-state index in [-0.39, 0.29) is 23.3 Å². The molecule has 0 fully saturated rings. The number of amides is 1. The summed E-state index contributed by atoms with van der Waals surface area (Å²) in [6.07, 6.45) is 3.82. The summed E-state index contributed by atoms with van der Waals surface area (Å²) in [6.45, 7) is 1.34. The maximum atomic E-state index is 13.0. The van der Waals surface area contributed by atoms with E-state index >= 15 is 0 Å². The summed E-state index contributed by atoms with van der Waals surface area (Å²) in [5, 5.41) is 11.5. The second kappa shape index (κ2) is 11.2. The number of aromatic nitrogens is 1. The zero-order chi connectivity index (χ0) is 21.7. The number of rotatable bonds is 9. The quantitative estimate of drug-likeness (QED) is 0.249. The number of nitrogens with zero attached hydrogens (tertiary/aromatic N) is 4. The fourth-order valence-electron chi connectivity index (χ4n) is 2.81. The molecule has 0 aliphatic rings. The monoisotopic (exact) mass is 482 g/mol. The van der Waals surface area contributed by atoms with Crippen molar-refractivity contribution in [2.24, 2.45) is 0 Å². The number of hydrogen-bond acceptors (Lipinski definition) is 8. The molecule has 0 unspecified atom stereocenters. The Kier molecular flexibility index (Phi) is 8.93. The molecule has 3 rings (SSSR count). The maximum Gasteiger partial charge on any atom is 0.324 e. The van der Waals surface area contributed by atoms with Gasteiger partial charge in [0.1, 0.15) is 11.3 Å². The summed E-state index contributed by atoms with van der Waals surface area (Å²) in [4.78, 5) is 32.4. The maximum absolute atomic E-state index is 13.0. The summed E-state index contributed by atoms with van der Waals surface area (Å²) in [5.74, 6) is 0.444. The molecule has 0 atom stereocenters. The number of thiazole rings is 1. The van der Waals surface area contributed by atoms with E-state index in [4.69, 9.17) is 4.74 Å². The van der Waals surface area contributed by atoms with Crippen LogP contribution in [0, 0.1) is 10.1 Å². The number of thiophene rings is 1. The Balaban J connectivity index is 0.00000341. The molecule has 0 spiro atoms. The number of halogens is 1. The van der Waals surface area contributed by atoms with Crippen LogP contribution in [0.4, 0.5) is 10.1 Å². The van der Waals surface area contributed by atoms with Crippen molar-refractivity contribution in [1.82, 2.24) is 9.88 Å². The molecule has 166 valence electrons. The fraction of sp³-hybridized carbons (Fsp3) is 0.300. The van der Waals surface area contributed by atoms with Gasteiger partial charge < -0.3 is 9.64 Å². The molecule has 0 radical (unpaired) electrons. The largest absolute Gasteiger partial charge is 0.494 e. The van der Waals surface area contributed by atoms with E-state index in [9.17, 15) is 14.9 Å². The van der Waals surface area contributed by atoms with Crippen LogP contribution in [0.25, 0.3) is 16.3 Å². The molecule has 0 N–H and O–H groups in total. The van der Waals surface area contributed by atoms with Gasteiger partial charge in [-0.15, -0.1) is 12.4 Å². The summed E-state index contributed by atoms with van der Waals surface area (Å²) < 4.78 is 6.32. The Hall–Kier alpha value is -2.53. The minimum Gasteiger partial charge on any atom is -0.494 e. The first-order valence-corrected chi connectivity index (χ1v) is 10.8. The first kappa shape index (κ1) is 24.7. The summed E-state index contributed by atoms with van der Waals surface area (Å²) in [6, 6.07) is 8.75. The molecular weight excluding hydrogens is 460 g/mol. The highest BCUT2D eigenvalue weighted by atomic mass is 35.5. The van der Waals surface area contributed by atoms with Gasteiger partial charge in [0.15, 0.2) is 5.13 Å². The zero-order valence-corrected chi connectivity index (χ0v) is 19.8. The number of hydrogen-bond donors (Lipinski definition) is 0. The lowest BCUT2D eigenvalue weighted by molar-refractivity contribution is -0.380. The molecule has 8 nitrogen and oxygen atoms in total. The molecule has 1 aromatic carbocycles. The number of ether oxygens (including phenoxy) is 1. The van der Waals surface area contributed by atoms with Gasteiger partial charge in [0.05, 0.1) is 16.7 Å². The molecular formula is C20H23ClN4O4S2. The van der Waals surface area contributed by atoms with Crippen molar-refractivity contribution in [3.63, 3.8) is 0 Å². The lowest BCUT2D eigenvalue weighted by Gasteiger charge is -2.19. The van der Waals surface area contributed by atoms with E-state index in [0.717, 1.165) is 34.5 Å². The second-order valence-electron chi connectivity index (χ2n) is 6.72. The number of carbonyl (C=O) groups is 1. The van der Waals surface area contributed by atoms with Crippen LogP contribution in [-0.2, 0) is 4.79 Å². The molecule has 2 heterocycles. The highest BCUT2D eigenvalue weighted by molar-refractivity contribution is 7.22. The van der Waals surface area contributed by atoms with Crippen LogP contribution in [0.2, 0.25) is 0 Å². The smallest absolute Gasteiger partial charge is 0.324 e. The number of para-hydroxylation sites is 1. The first-order valence-electron chi connectivity index (χ1n) is 9.21. The van der Waals surface area contributed by atoms with Crippen LogP contribution in [0.15, 0.2) is 36.4 Å². The number of anilines is 1. The topological polar surface area (TPSA) is 88.8 Å². The Labute approximate surface area is 194 Å². The Morgan fingerprint density at radius 3 is 2.65 bits per heavy atom. The number of methoxy groups -OCH3 is 1. The molecule has 2 aromatic heterocycles. The van der Waals surface area contributed by atoms with Gasteiger partial charge in [0.2, 0.25) is 0 Å². The SMILES string of the molecule is COc1cccc2sc(N(CCCN(C)C)C(=O)C=Cc3ccc([N+](=O)[O-])s3)nc12.Cl. The molecule has 31 heavy (non-hydrogen) atoms. The Morgan fingerprint density at radius 1 is 1.23 bits per heavy atom. The van der Waals surface area contributed by atoms with Crippen LogP contribution in [-0.4, -0.2) is 55.0 Å².